The van der Waals surface area contributed by atoms with Crippen molar-refractivity contribution >= 4 is 39.1 Å². The summed E-state index contributed by atoms with van der Waals surface area (Å²) in [4.78, 5) is 30.0. The van der Waals surface area contributed by atoms with Crippen molar-refractivity contribution in [1.82, 2.24) is 9.62 Å². The third kappa shape index (κ3) is 6.85. The number of anilines is 1. The minimum absolute atomic E-state index is 0.0296. The Kier molecular flexibility index (Phi) is 9.91. The Morgan fingerprint density at radius 1 is 1.12 bits per heavy atom. The number of carbonyl (C=O) groups is 2. The van der Waals surface area contributed by atoms with Crippen molar-refractivity contribution in [3.8, 4) is 5.75 Å². The fraction of sp³-hybridized carbons (Fsp3) is 0.568. The maximum absolute atomic E-state index is 13.5. The fourth-order valence-electron chi connectivity index (χ4n) is 7.86. The van der Waals surface area contributed by atoms with Gasteiger partial charge in [-0.05, 0) is 104 Å². The molecule has 2 amide bonds. The first-order valence-electron chi connectivity index (χ1n) is 17.1. The van der Waals surface area contributed by atoms with Gasteiger partial charge in [0.05, 0.1) is 23.6 Å². The van der Waals surface area contributed by atoms with E-state index in [9.17, 15) is 18.0 Å². The second-order valence-corrected chi connectivity index (χ2v) is 17.1. The summed E-state index contributed by atoms with van der Waals surface area (Å²) in [6, 6.07) is 11.4. The van der Waals surface area contributed by atoms with Crippen molar-refractivity contribution in [2.45, 2.75) is 69.6 Å². The molecule has 2 aliphatic heterocycles. The van der Waals surface area contributed by atoms with Gasteiger partial charge in [0, 0.05) is 43.2 Å². The third-order valence-electron chi connectivity index (χ3n) is 11.4. The van der Waals surface area contributed by atoms with E-state index in [1.807, 2.05) is 32.1 Å². The molecule has 2 heterocycles. The van der Waals surface area contributed by atoms with Gasteiger partial charge in [-0.1, -0.05) is 43.7 Å². The van der Waals surface area contributed by atoms with Crippen molar-refractivity contribution in [2.75, 3.05) is 45.3 Å². The van der Waals surface area contributed by atoms with E-state index in [0.29, 0.717) is 25.4 Å². The number of ether oxygens (including phenoxy) is 2. The molecule has 7 unspecified atom stereocenters. The summed E-state index contributed by atoms with van der Waals surface area (Å²) in [5.74, 6) is -0.0626. The maximum atomic E-state index is 13.5. The lowest BCUT2D eigenvalue weighted by molar-refractivity contribution is -0.137. The van der Waals surface area contributed by atoms with Crippen LogP contribution in [-0.2, 0) is 31.4 Å². The van der Waals surface area contributed by atoms with Crippen molar-refractivity contribution in [1.29, 1.82) is 0 Å². The van der Waals surface area contributed by atoms with E-state index in [0.717, 1.165) is 42.8 Å². The molecule has 2 aromatic rings. The number of benzene rings is 2. The molecule has 2 bridgehead atoms. The van der Waals surface area contributed by atoms with Crippen LogP contribution in [0.4, 0.5) is 5.69 Å². The molecule has 2 aliphatic carbocycles. The molecule has 1 fully saturated rings. The number of nitrogens with zero attached hydrogens (tertiary/aromatic N) is 2. The van der Waals surface area contributed by atoms with Crippen LogP contribution in [0.25, 0.3) is 0 Å². The maximum Gasteiger partial charge on any atom is 0.264 e. The van der Waals surface area contributed by atoms with Crippen LogP contribution in [-0.4, -0.2) is 76.9 Å². The molecule has 11 heteroatoms. The molecule has 1 spiro atoms. The second kappa shape index (κ2) is 13.7. The number of hydrogen-bond donors (Lipinski definition) is 1. The summed E-state index contributed by atoms with van der Waals surface area (Å²) in [5.41, 5.74) is 3.24. The first-order valence-corrected chi connectivity index (χ1v) is 19.1. The number of halogens is 1. The first kappa shape index (κ1) is 34.8. The van der Waals surface area contributed by atoms with Gasteiger partial charge >= 0.3 is 0 Å². The summed E-state index contributed by atoms with van der Waals surface area (Å²) in [6.45, 7) is 7.33. The minimum Gasteiger partial charge on any atom is -0.490 e. The number of carbonyl (C=O) groups excluding carboxylic acids is 2. The molecule has 260 valence electrons. The normalized spacial score (nSPS) is 32.0. The van der Waals surface area contributed by atoms with Gasteiger partial charge in [-0.2, -0.15) is 0 Å². The zero-order chi connectivity index (χ0) is 34.4. The molecule has 4 aliphatic rings. The molecule has 0 saturated heterocycles. The van der Waals surface area contributed by atoms with Crippen LogP contribution in [0.2, 0.25) is 5.02 Å². The summed E-state index contributed by atoms with van der Waals surface area (Å²) >= 11 is 6.44. The highest BCUT2D eigenvalue weighted by molar-refractivity contribution is 7.90. The van der Waals surface area contributed by atoms with E-state index >= 15 is 0 Å². The van der Waals surface area contributed by atoms with Crippen molar-refractivity contribution in [3.05, 3.63) is 70.3 Å². The number of aryl methyl sites for hydroxylation is 1. The van der Waals surface area contributed by atoms with Gasteiger partial charge in [0.1, 0.15) is 12.4 Å². The van der Waals surface area contributed by atoms with Crippen LogP contribution in [0.1, 0.15) is 67.9 Å². The smallest absolute Gasteiger partial charge is 0.264 e. The Morgan fingerprint density at radius 3 is 2.65 bits per heavy atom. The highest BCUT2D eigenvalue weighted by Gasteiger charge is 2.45. The first-order chi connectivity index (χ1) is 22.8. The van der Waals surface area contributed by atoms with E-state index in [-0.39, 0.29) is 53.3 Å². The summed E-state index contributed by atoms with van der Waals surface area (Å²) in [5, 5.41) is -0.109. The molecule has 2 aromatic carbocycles. The average Bonchev–Trinajstić information content (AvgIpc) is 3.19. The number of allylic oxidation sites excluding steroid dienone is 1. The Balaban J connectivity index is 1.42. The summed E-state index contributed by atoms with van der Waals surface area (Å²) in [7, 11) is -0.554. The molecule has 9 nitrogen and oxygen atoms in total. The molecular weight excluding hydrogens is 650 g/mol. The van der Waals surface area contributed by atoms with Crippen molar-refractivity contribution < 1.29 is 27.5 Å². The molecule has 0 aromatic heterocycles. The van der Waals surface area contributed by atoms with Crippen molar-refractivity contribution in [2.24, 2.45) is 23.7 Å². The third-order valence-corrected chi connectivity index (χ3v) is 13.6. The zero-order valence-electron chi connectivity index (χ0n) is 28.6. The number of rotatable bonds is 3. The van der Waals surface area contributed by atoms with E-state index in [4.69, 9.17) is 21.1 Å². The van der Waals surface area contributed by atoms with Gasteiger partial charge in [0.25, 0.3) is 5.91 Å². The molecule has 7 atom stereocenters. The highest BCUT2D eigenvalue weighted by atomic mass is 35.5. The van der Waals surface area contributed by atoms with Gasteiger partial charge in [0.2, 0.25) is 15.9 Å². The Labute approximate surface area is 290 Å². The van der Waals surface area contributed by atoms with Crippen LogP contribution in [0.3, 0.4) is 0 Å². The van der Waals surface area contributed by atoms with Gasteiger partial charge in [-0.25, -0.2) is 13.1 Å². The Morgan fingerprint density at radius 2 is 1.92 bits per heavy atom. The van der Waals surface area contributed by atoms with Gasteiger partial charge in [0.15, 0.2) is 0 Å². The number of nitrogens with one attached hydrogen (secondary N) is 1. The van der Waals surface area contributed by atoms with Crippen LogP contribution < -0.4 is 14.4 Å². The lowest BCUT2D eigenvalue weighted by atomic mass is 9.68. The number of hydrogen-bond acceptors (Lipinski definition) is 7. The average molecular weight is 698 g/mol. The van der Waals surface area contributed by atoms with Gasteiger partial charge < -0.3 is 19.3 Å². The monoisotopic (exact) mass is 697 g/mol. The van der Waals surface area contributed by atoms with Crippen molar-refractivity contribution in [3.63, 3.8) is 0 Å². The quantitative estimate of drug-likeness (QED) is 0.417. The Hall–Kier alpha value is -3.08. The van der Waals surface area contributed by atoms with Crippen LogP contribution in [0.15, 0.2) is 48.6 Å². The lowest BCUT2D eigenvalue weighted by Crippen LogP contribution is -2.50. The number of fused-ring (bicyclic) bond motifs is 4. The largest absolute Gasteiger partial charge is 0.490 e. The predicted octanol–water partition coefficient (Wildman–Crippen LogP) is 5.60. The van der Waals surface area contributed by atoms with Crippen LogP contribution >= 0.6 is 11.6 Å². The van der Waals surface area contributed by atoms with E-state index in [2.05, 4.69) is 21.8 Å². The molecule has 0 radical (unpaired) electrons. The highest BCUT2D eigenvalue weighted by Crippen LogP contribution is 2.47. The standard InChI is InChI=1S/C37H48ClN3O6S/c1-23-8-14-33(46-20-35(42)40(4)5)30-12-9-28(30)19-41-21-37(16-6-7-26-17-29(38)11-13-31(26)37)22-47-34-15-10-27(18-32(34)41)36(43)39-48(44,45)25(3)24(23)2/h8,10-11,13-15,17-18,23-25,28,30,33H,6-7,9,12,16,19-22H2,1-5H3,(H,39,43)/b14-8+. The molecule has 1 saturated carbocycles. The molecular formula is C37H48ClN3O6S. The SMILES string of the molecule is CC1/C=C/C(OCC(=O)N(C)C)C2CCC2CN2CC3(CCCc4cc(Cl)ccc43)COc3ccc(cc32)C(=O)NS(=O)(=O)C(C)C1C. The Bertz CT molecular complexity index is 1700. The summed E-state index contributed by atoms with van der Waals surface area (Å²) < 4.78 is 42.3. The van der Waals surface area contributed by atoms with E-state index in [1.54, 1.807) is 39.2 Å². The topological polar surface area (TPSA) is 105 Å². The molecule has 6 rings (SSSR count). The minimum atomic E-state index is -3.99. The number of likely N-dealkylation sites (N-methyl/N-ethyl adjacent to an activating group) is 1. The lowest BCUT2D eigenvalue weighted by Gasteiger charge is -2.46. The molecule has 1 N–H and O–H groups in total. The second-order valence-electron chi connectivity index (χ2n) is 14.6. The zero-order valence-corrected chi connectivity index (χ0v) is 30.1. The predicted molar refractivity (Wildman–Crippen MR) is 188 cm³/mol. The molecule has 48 heavy (non-hydrogen) atoms. The van der Waals surface area contributed by atoms with E-state index in [1.165, 1.54) is 16.0 Å². The summed E-state index contributed by atoms with van der Waals surface area (Å²) in [6.07, 6.45) is 8.62. The van der Waals surface area contributed by atoms with Crippen LogP contribution in [0, 0.1) is 23.7 Å². The van der Waals surface area contributed by atoms with Crippen LogP contribution in [0.5, 0.6) is 5.75 Å². The number of sulfonamides is 1. The number of amides is 2. The fourth-order valence-corrected chi connectivity index (χ4v) is 9.43. The van der Waals surface area contributed by atoms with Gasteiger partial charge in [-0.3, -0.25) is 9.59 Å². The van der Waals surface area contributed by atoms with E-state index < -0.39 is 21.2 Å². The van der Waals surface area contributed by atoms with Gasteiger partial charge in [-0.15, -0.1) is 0 Å².